The van der Waals surface area contributed by atoms with Gasteiger partial charge in [-0.2, -0.15) is 4.31 Å². The molecule has 1 aromatic rings. The largest absolute Gasteiger partial charge is 0.263 e. The third-order valence-electron chi connectivity index (χ3n) is 2.41. The van der Waals surface area contributed by atoms with E-state index in [1.165, 1.54) is 23.6 Å². The van der Waals surface area contributed by atoms with Crippen molar-refractivity contribution in [3.8, 4) is 0 Å². The molecule has 0 spiro atoms. The Labute approximate surface area is 87.8 Å². The lowest BCUT2D eigenvalue weighted by atomic mass is 10.5. The topological polar surface area (TPSA) is 50.3 Å². The number of hydrogen-bond acceptors (Lipinski definition) is 3. The van der Waals surface area contributed by atoms with E-state index in [1.54, 1.807) is 0 Å². The molecule has 1 saturated carbocycles. The fourth-order valence-corrected chi connectivity index (χ4v) is 2.72. The van der Waals surface area contributed by atoms with Gasteiger partial charge in [0.2, 0.25) is 5.03 Å². The summed E-state index contributed by atoms with van der Waals surface area (Å²) in [6.45, 7) is 0. The van der Waals surface area contributed by atoms with Crippen LogP contribution in [-0.4, -0.2) is 30.8 Å². The Bertz CT molecular complexity index is 471. The van der Waals surface area contributed by atoms with Crippen LogP contribution in [0.15, 0.2) is 23.4 Å². The number of hydrogen-bond donors (Lipinski definition) is 0. The van der Waals surface area contributed by atoms with Crippen LogP contribution in [0.2, 0.25) is 0 Å². The van der Waals surface area contributed by atoms with Crippen molar-refractivity contribution in [3.05, 3.63) is 24.1 Å². The van der Waals surface area contributed by atoms with Crippen molar-refractivity contribution < 1.29 is 12.8 Å². The highest BCUT2D eigenvalue weighted by Crippen LogP contribution is 2.30. The van der Waals surface area contributed by atoms with E-state index < -0.39 is 20.9 Å². The molecule has 0 saturated heterocycles. The number of pyridine rings is 1. The van der Waals surface area contributed by atoms with Gasteiger partial charge in [0.1, 0.15) is 0 Å². The fraction of sp³-hybridized carbons (Fsp3) is 0.444. The molecule has 4 nitrogen and oxygen atoms in total. The van der Waals surface area contributed by atoms with Crippen LogP contribution >= 0.6 is 0 Å². The van der Waals surface area contributed by atoms with E-state index in [0.717, 1.165) is 18.9 Å². The van der Waals surface area contributed by atoms with Gasteiger partial charge >= 0.3 is 0 Å². The smallest absolute Gasteiger partial charge is 0.241 e. The number of rotatable bonds is 3. The SMILES string of the molecule is CN(C1CC1)S(=O)(=O)c1ncccc1F. The van der Waals surface area contributed by atoms with Crippen LogP contribution < -0.4 is 0 Å². The number of aromatic nitrogens is 1. The molecule has 0 amide bonds. The lowest BCUT2D eigenvalue weighted by Gasteiger charge is -2.15. The quantitative estimate of drug-likeness (QED) is 0.778. The van der Waals surface area contributed by atoms with Gasteiger partial charge in [-0.25, -0.2) is 17.8 Å². The lowest BCUT2D eigenvalue weighted by Crippen LogP contribution is -2.30. The second-order valence-electron chi connectivity index (χ2n) is 3.54. The maximum Gasteiger partial charge on any atom is 0.263 e. The minimum absolute atomic E-state index is 0.0106. The molecule has 1 heterocycles. The van der Waals surface area contributed by atoms with Gasteiger partial charge in [0.05, 0.1) is 0 Å². The molecular weight excluding hydrogens is 219 g/mol. The van der Waals surface area contributed by atoms with Crippen LogP contribution in [0.5, 0.6) is 0 Å². The zero-order chi connectivity index (χ0) is 11.1. The van der Waals surface area contributed by atoms with Crippen molar-refractivity contribution in [2.75, 3.05) is 7.05 Å². The predicted octanol–water partition coefficient (Wildman–Crippen LogP) is 1.00. The average Bonchev–Trinajstić information content (AvgIpc) is 3.00. The molecule has 0 bridgehead atoms. The van der Waals surface area contributed by atoms with Gasteiger partial charge in [-0.1, -0.05) is 0 Å². The third-order valence-corrected chi connectivity index (χ3v) is 4.25. The van der Waals surface area contributed by atoms with Crippen LogP contribution in [0.3, 0.4) is 0 Å². The minimum atomic E-state index is -3.76. The summed E-state index contributed by atoms with van der Waals surface area (Å²) in [4.78, 5) is 3.58. The molecule has 82 valence electrons. The van der Waals surface area contributed by atoms with Crippen molar-refractivity contribution in [1.29, 1.82) is 0 Å². The summed E-state index contributed by atoms with van der Waals surface area (Å²) in [5.41, 5.74) is 0. The van der Waals surface area contributed by atoms with E-state index in [0.29, 0.717) is 0 Å². The molecule has 1 fully saturated rings. The second kappa shape index (κ2) is 3.53. The highest BCUT2D eigenvalue weighted by atomic mass is 32.2. The summed E-state index contributed by atoms with van der Waals surface area (Å²) < 4.78 is 38.2. The normalized spacial score (nSPS) is 17.0. The van der Waals surface area contributed by atoms with Gasteiger partial charge < -0.3 is 0 Å². The maximum absolute atomic E-state index is 13.3. The van der Waals surface area contributed by atoms with Crippen molar-refractivity contribution >= 4 is 10.0 Å². The van der Waals surface area contributed by atoms with Gasteiger partial charge in [0, 0.05) is 19.3 Å². The number of nitrogens with zero attached hydrogens (tertiary/aromatic N) is 2. The van der Waals surface area contributed by atoms with Crippen LogP contribution in [0.25, 0.3) is 0 Å². The summed E-state index contributed by atoms with van der Waals surface area (Å²) in [7, 11) is -2.30. The van der Waals surface area contributed by atoms with E-state index in [9.17, 15) is 12.8 Å². The molecule has 0 aliphatic heterocycles. The molecule has 0 unspecified atom stereocenters. The molecule has 2 rings (SSSR count). The highest BCUT2D eigenvalue weighted by Gasteiger charge is 2.36. The Morgan fingerprint density at radius 3 is 2.73 bits per heavy atom. The number of sulfonamides is 1. The van der Waals surface area contributed by atoms with Gasteiger partial charge in [-0.05, 0) is 25.0 Å². The van der Waals surface area contributed by atoms with E-state index in [4.69, 9.17) is 0 Å². The average molecular weight is 230 g/mol. The Balaban J connectivity index is 2.41. The molecule has 0 N–H and O–H groups in total. The molecule has 15 heavy (non-hydrogen) atoms. The van der Waals surface area contributed by atoms with E-state index in [1.807, 2.05) is 0 Å². The zero-order valence-electron chi connectivity index (χ0n) is 8.22. The molecule has 0 atom stereocenters. The molecule has 1 aliphatic carbocycles. The fourth-order valence-electron chi connectivity index (χ4n) is 1.33. The van der Waals surface area contributed by atoms with Gasteiger partial charge in [0.15, 0.2) is 5.82 Å². The molecule has 1 aliphatic rings. The summed E-state index contributed by atoms with van der Waals surface area (Å²) in [6, 6.07) is 2.47. The first-order chi connectivity index (χ1) is 7.03. The van der Waals surface area contributed by atoms with Crippen LogP contribution in [0.1, 0.15) is 12.8 Å². The first kappa shape index (κ1) is 10.5. The lowest BCUT2D eigenvalue weighted by molar-refractivity contribution is 0.452. The van der Waals surface area contributed by atoms with Crippen molar-refractivity contribution in [3.63, 3.8) is 0 Å². The molecule has 0 aromatic carbocycles. The van der Waals surface area contributed by atoms with Gasteiger partial charge in [-0.3, -0.25) is 0 Å². The standard InChI is InChI=1S/C9H11FN2O2S/c1-12(7-4-5-7)15(13,14)9-8(10)3-2-6-11-9/h2-3,6-7H,4-5H2,1H3. The number of halogens is 1. The van der Waals surface area contributed by atoms with Crippen molar-refractivity contribution in [2.45, 2.75) is 23.9 Å². The van der Waals surface area contributed by atoms with Crippen molar-refractivity contribution in [2.24, 2.45) is 0 Å². The predicted molar refractivity (Wildman–Crippen MR) is 52.2 cm³/mol. The Morgan fingerprint density at radius 2 is 2.20 bits per heavy atom. The Morgan fingerprint density at radius 1 is 1.53 bits per heavy atom. The van der Waals surface area contributed by atoms with E-state index >= 15 is 0 Å². The summed E-state index contributed by atoms with van der Waals surface area (Å²) in [6.07, 6.45) is 2.95. The Kier molecular flexibility index (Phi) is 2.47. The van der Waals surface area contributed by atoms with Crippen LogP contribution in [0, 0.1) is 5.82 Å². The van der Waals surface area contributed by atoms with Gasteiger partial charge in [0.25, 0.3) is 10.0 Å². The molecule has 0 radical (unpaired) electrons. The molecule has 6 heteroatoms. The zero-order valence-corrected chi connectivity index (χ0v) is 9.04. The first-order valence-corrected chi connectivity index (χ1v) is 6.06. The Hall–Kier alpha value is -1.01. The highest BCUT2D eigenvalue weighted by molar-refractivity contribution is 7.89. The van der Waals surface area contributed by atoms with Gasteiger partial charge in [-0.15, -0.1) is 0 Å². The summed E-state index contributed by atoms with van der Waals surface area (Å²) in [5.74, 6) is -0.801. The molecule has 1 aromatic heterocycles. The van der Waals surface area contributed by atoms with Crippen LogP contribution in [-0.2, 0) is 10.0 Å². The minimum Gasteiger partial charge on any atom is -0.241 e. The molecular formula is C9H11FN2O2S. The van der Waals surface area contributed by atoms with Crippen LogP contribution in [0.4, 0.5) is 4.39 Å². The summed E-state index contributed by atoms with van der Waals surface area (Å²) in [5, 5.41) is -0.487. The summed E-state index contributed by atoms with van der Waals surface area (Å²) >= 11 is 0. The van der Waals surface area contributed by atoms with E-state index in [-0.39, 0.29) is 6.04 Å². The van der Waals surface area contributed by atoms with E-state index in [2.05, 4.69) is 4.98 Å². The maximum atomic E-state index is 13.3. The monoisotopic (exact) mass is 230 g/mol. The third kappa shape index (κ3) is 1.87. The second-order valence-corrected chi connectivity index (χ2v) is 5.46. The van der Waals surface area contributed by atoms with Crippen molar-refractivity contribution in [1.82, 2.24) is 9.29 Å². The first-order valence-electron chi connectivity index (χ1n) is 4.62.